The van der Waals surface area contributed by atoms with Crippen LogP contribution in [-0.4, -0.2) is 36.5 Å². The van der Waals surface area contributed by atoms with E-state index in [2.05, 4.69) is 15.3 Å². The average Bonchev–Trinajstić information content (AvgIpc) is 2.18. The van der Waals surface area contributed by atoms with Gasteiger partial charge in [-0.05, 0) is 0 Å². The van der Waals surface area contributed by atoms with E-state index < -0.39 is 0 Å². The molecule has 76 valence electrons. The molecule has 0 aliphatic rings. The maximum absolute atomic E-state index is 11.1. The predicted octanol–water partition coefficient (Wildman–Crippen LogP) is -0.759. The first kappa shape index (κ1) is 10.2. The molecule has 0 aromatic carbocycles. The lowest BCUT2D eigenvalue weighted by molar-refractivity contribution is -0.119. The van der Waals surface area contributed by atoms with Gasteiger partial charge in [0.15, 0.2) is 5.82 Å². The van der Waals surface area contributed by atoms with Gasteiger partial charge in [0.2, 0.25) is 5.91 Å². The maximum atomic E-state index is 11.1. The minimum atomic E-state index is -0.0921. The summed E-state index contributed by atoms with van der Waals surface area (Å²) in [4.78, 5) is 20.5. The molecule has 1 heterocycles. The molecule has 3 N–H and O–H groups in total. The molecule has 1 rings (SSSR count). The summed E-state index contributed by atoms with van der Waals surface area (Å²) in [6.45, 7) is 0.220. The number of aromatic nitrogens is 2. The van der Waals surface area contributed by atoms with Crippen molar-refractivity contribution in [1.29, 1.82) is 0 Å². The number of anilines is 2. The van der Waals surface area contributed by atoms with Crippen molar-refractivity contribution in [2.45, 2.75) is 0 Å². The number of carbonyl (C=O) groups excluding carboxylic acids is 1. The van der Waals surface area contributed by atoms with Crippen LogP contribution >= 0.6 is 0 Å². The highest BCUT2D eigenvalue weighted by Crippen LogP contribution is 2.15. The molecule has 0 radical (unpaired) electrons. The monoisotopic (exact) mass is 195 g/mol. The van der Waals surface area contributed by atoms with Crippen LogP contribution in [0.15, 0.2) is 12.5 Å². The van der Waals surface area contributed by atoms with Gasteiger partial charge in [-0.3, -0.25) is 4.79 Å². The first-order valence-corrected chi connectivity index (χ1v) is 4.12. The highest BCUT2D eigenvalue weighted by atomic mass is 16.1. The smallest absolute Gasteiger partial charge is 0.239 e. The molecule has 0 saturated carbocycles. The van der Waals surface area contributed by atoms with Crippen LogP contribution < -0.4 is 16.0 Å². The molecule has 1 aromatic rings. The fourth-order valence-electron chi connectivity index (χ4n) is 1.02. The van der Waals surface area contributed by atoms with Crippen LogP contribution in [0.5, 0.6) is 0 Å². The van der Waals surface area contributed by atoms with Crippen LogP contribution in [-0.2, 0) is 4.79 Å². The highest BCUT2D eigenvalue weighted by Gasteiger charge is 2.09. The Morgan fingerprint density at radius 1 is 1.71 bits per heavy atom. The van der Waals surface area contributed by atoms with Crippen LogP contribution in [0.3, 0.4) is 0 Å². The molecule has 0 saturated heterocycles. The molecule has 14 heavy (non-hydrogen) atoms. The largest absolute Gasteiger partial charge is 0.394 e. The Hall–Kier alpha value is -1.85. The van der Waals surface area contributed by atoms with E-state index in [0.29, 0.717) is 11.5 Å². The standard InChI is InChI=1S/C8H13N5O/c1-10-7(14)4-13(2)8-6(9)3-11-5-12-8/h3,5H,4,9H2,1-2H3,(H,10,14). The minimum absolute atomic E-state index is 0.0921. The molecule has 1 aromatic heterocycles. The van der Waals surface area contributed by atoms with E-state index in [0.717, 1.165) is 0 Å². The third-order valence-electron chi connectivity index (χ3n) is 1.74. The van der Waals surface area contributed by atoms with E-state index in [1.54, 1.807) is 19.0 Å². The van der Waals surface area contributed by atoms with Crippen LogP contribution in [0.1, 0.15) is 0 Å². The molecule has 0 atom stereocenters. The molecule has 0 bridgehead atoms. The first-order chi connectivity index (χ1) is 6.65. The van der Waals surface area contributed by atoms with E-state index in [4.69, 9.17) is 5.73 Å². The van der Waals surface area contributed by atoms with E-state index in [9.17, 15) is 4.79 Å². The quantitative estimate of drug-likeness (QED) is 0.662. The Bertz CT molecular complexity index is 327. The van der Waals surface area contributed by atoms with Crippen molar-refractivity contribution in [2.75, 3.05) is 31.3 Å². The van der Waals surface area contributed by atoms with Crippen molar-refractivity contribution in [3.8, 4) is 0 Å². The summed E-state index contributed by atoms with van der Waals surface area (Å²) in [5, 5.41) is 2.52. The number of nitrogen functional groups attached to an aromatic ring is 1. The van der Waals surface area contributed by atoms with Crippen molar-refractivity contribution >= 4 is 17.4 Å². The van der Waals surface area contributed by atoms with Crippen molar-refractivity contribution in [3.63, 3.8) is 0 Å². The van der Waals surface area contributed by atoms with Gasteiger partial charge in [0.1, 0.15) is 6.33 Å². The van der Waals surface area contributed by atoms with Crippen molar-refractivity contribution in [1.82, 2.24) is 15.3 Å². The number of amides is 1. The molecule has 0 fully saturated rings. The van der Waals surface area contributed by atoms with Gasteiger partial charge in [-0.1, -0.05) is 0 Å². The molecule has 6 heteroatoms. The second-order valence-electron chi connectivity index (χ2n) is 2.83. The topological polar surface area (TPSA) is 84.1 Å². The van der Waals surface area contributed by atoms with E-state index in [-0.39, 0.29) is 12.5 Å². The fourth-order valence-corrected chi connectivity index (χ4v) is 1.02. The Labute approximate surface area is 82.1 Å². The zero-order valence-electron chi connectivity index (χ0n) is 8.19. The van der Waals surface area contributed by atoms with Gasteiger partial charge in [-0.2, -0.15) is 0 Å². The zero-order chi connectivity index (χ0) is 10.6. The summed E-state index contributed by atoms with van der Waals surface area (Å²) in [6, 6.07) is 0. The molecule has 0 spiro atoms. The van der Waals surface area contributed by atoms with Gasteiger partial charge in [0, 0.05) is 14.1 Å². The average molecular weight is 195 g/mol. The summed E-state index contributed by atoms with van der Waals surface area (Å²) in [7, 11) is 3.33. The Kier molecular flexibility index (Phi) is 3.22. The number of hydrogen-bond acceptors (Lipinski definition) is 5. The van der Waals surface area contributed by atoms with E-state index in [1.165, 1.54) is 12.5 Å². The van der Waals surface area contributed by atoms with Crippen molar-refractivity contribution in [3.05, 3.63) is 12.5 Å². The van der Waals surface area contributed by atoms with E-state index in [1.807, 2.05) is 0 Å². The van der Waals surface area contributed by atoms with Gasteiger partial charge in [-0.15, -0.1) is 0 Å². The van der Waals surface area contributed by atoms with Crippen LogP contribution in [0, 0.1) is 0 Å². The molecular formula is C8H13N5O. The molecule has 1 amide bonds. The predicted molar refractivity (Wildman–Crippen MR) is 53.8 cm³/mol. The van der Waals surface area contributed by atoms with Crippen LogP contribution in [0.4, 0.5) is 11.5 Å². The highest BCUT2D eigenvalue weighted by molar-refractivity contribution is 5.81. The molecule has 6 nitrogen and oxygen atoms in total. The van der Waals surface area contributed by atoms with Gasteiger partial charge in [-0.25, -0.2) is 9.97 Å². The van der Waals surface area contributed by atoms with Gasteiger partial charge < -0.3 is 16.0 Å². The minimum Gasteiger partial charge on any atom is -0.394 e. The number of nitrogens with one attached hydrogen (secondary N) is 1. The third-order valence-corrected chi connectivity index (χ3v) is 1.74. The zero-order valence-corrected chi connectivity index (χ0v) is 8.19. The summed E-state index contributed by atoms with van der Waals surface area (Å²) >= 11 is 0. The van der Waals surface area contributed by atoms with Crippen LogP contribution in [0.2, 0.25) is 0 Å². The SMILES string of the molecule is CNC(=O)CN(C)c1ncncc1N. The number of likely N-dealkylation sites (N-methyl/N-ethyl adjacent to an activating group) is 2. The van der Waals surface area contributed by atoms with E-state index >= 15 is 0 Å². The molecule has 0 unspecified atom stereocenters. The molecule has 0 aliphatic carbocycles. The summed E-state index contributed by atoms with van der Waals surface area (Å²) in [6.07, 6.45) is 2.90. The third kappa shape index (κ3) is 2.32. The number of nitrogens with zero attached hydrogens (tertiary/aromatic N) is 3. The number of nitrogens with two attached hydrogens (primary N) is 1. The maximum Gasteiger partial charge on any atom is 0.239 e. The first-order valence-electron chi connectivity index (χ1n) is 4.12. The second-order valence-corrected chi connectivity index (χ2v) is 2.83. The fraction of sp³-hybridized carbons (Fsp3) is 0.375. The lowest BCUT2D eigenvalue weighted by atomic mass is 10.4. The number of rotatable bonds is 3. The molecular weight excluding hydrogens is 182 g/mol. The van der Waals surface area contributed by atoms with Gasteiger partial charge in [0.25, 0.3) is 0 Å². The van der Waals surface area contributed by atoms with Crippen molar-refractivity contribution in [2.24, 2.45) is 0 Å². The van der Waals surface area contributed by atoms with Gasteiger partial charge in [0.05, 0.1) is 18.4 Å². The summed E-state index contributed by atoms with van der Waals surface area (Å²) < 4.78 is 0. The Morgan fingerprint density at radius 2 is 2.43 bits per heavy atom. The lowest BCUT2D eigenvalue weighted by Gasteiger charge is -2.17. The summed E-state index contributed by atoms with van der Waals surface area (Å²) in [5.41, 5.74) is 6.10. The van der Waals surface area contributed by atoms with Gasteiger partial charge >= 0.3 is 0 Å². The number of hydrogen-bond donors (Lipinski definition) is 2. The second kappa shape index (κ2) is 4.40. The van der Waals surface area contributed by atoms with Crippen LogP contribution in [0.25, 0.3) is 0 Å². The van der Waals surface area contributed by atoms with Crippen molar-refractivity contribution < 1.29 is 4.79 Å². The Morgan fingerprint density at radius 3 is 3.00 bits per heavy atom. The molecule has 0 aliphatic heterocycles. The summed E-state index contributed by atoms with van der Waals surface area (Å²) in [5.74, 6) is 0.467. The normalized spacial score (nSPS) is 9.57. The Balaban J connectivity index is 2.74. The number of carbonyl (C=O) groups is 1. The lowest BCUT2D eigenvalue weighted by Crippen LogP contribution is -2.33.